The minimum absolute atomic E-state index is 0.0163. The summed E-state index contributed by atoms with van der Waals surface area (Å²) in [5.41, 5.74) is 1.34. The molecule has 0 radical (unpaired) electrons. The Labute approximate surface area is 255 Å². The van der Waals surface area contributed by atoms with E-state index < -0.39 is 34.5 Å². The van der Waals surface area contributed by atoms with Crippen LogP contribution in [-0.2, 0) is 32.8 Å². The second kappa shape index (κ2) is 14.3. The van der Waals surface area contributed by atoms with E-state index in [1.807, 2.05) is 54.6 Å². The summed E-state index contributed by atoms with van der Waals surface area (Å²) in [5.74, 6) is -1.72. The highest BCUT2D eigenvalue weighted by Gasteiger charge is 2.36. The highest BCUT2D eigenvalue weighted by molar-refractivity contribution is 9.10. The van der Waals surface area contributed by atoms with Gasteiger partial charge in [0.15, 0.2) is 0 Å². The van der Waals surface area contributed by atoms with Crippen molar-refractivity contribution >= 4 is 43.6 Å². The Morgan fingerprint density at radius 1 is 0.952 bits per heavy atom. The van der Waals surface area contributed by atoms with Gasteiger partial charge in [-0.2, -0.15) is 12.7 Å². The van der Waals surface area contributed by atoms with Gasteiger partial charge in [0.1, 0.15) is 18.4 Å². The Kier molecular flexibility index (Phi) is 10.7. The molecule has 1 aliphatic carbocycles. The first-order chi connectivity index (χ1) is 20.1. The van der Waals surface area contributed by atoms with Crippen molar-refractivity contribution in [1.82, 2.24) is 14.5 Å². The second-order valence-electron chi connectivity index (χ2n) is 10.6. The number of halogens is 2. The predicted molar refractivity (Wildman–Crippen MR) is 165 cm³/mol. The molecule has 1 fully saturated rings. The molecule has 0 heterocycles. The zero-order chi connectivity index (χ0) is 30.3. The summed E-state index contributed by atoms with van der Waals surface area (Å²) in [7, 11) is -1.64. The van der Waals surface area contributed by atoms with Crippen molar-refractivity contribution in [3.8, 4) is 0 Å². The SMILES string of the molecule is CN(C)S(=O)(=O)N(CC(=O)N(Cc1cccc(Br)c1)C(Cc1ccccc1)C(=O)NC1CCCC1)c1ccccc1F. The van der Waals surface area contributed by atoms with E-state index in [1.165, 1.54) is 37.2 Å². The monoisotopic (exact) mass is 658 g/mol. The van der Waals surface area contributed by atoms with E-state index >= 15 is 0 Å². The van der Waals surface area contributed by atoms with Gasteiger partial charge < -0.3 is 10.2 Å². The minimum Gasteiger partial charge on any atom is -0.352 e. The number of hydrogen-bond donors (Lipinski definition) is 1. The molecule has 42 heavy (non-hydrogen) atoms. The molecule has 0 aliphatic heterocycles. The third kappa shape index (κ3) is 7.96. The summed E-state index contributed by atoms with van der Waals surface area (Å²) in [6, 6.07) is 21.2. The Balaban J connectivity index is 1.76. The molecule has 0 saturated heterocycles. The maximum Gasteiger partial charge on any atom is 0.304 e. The third-order valence-electron chi connectivity index (χ3n) is 7.35. The summed E-state index contributed by atoms with van der Waals surface area (Å²) in [5, 5.41) is 3.13. The number of para-hydroxylation sites is 1. The molecular formula is C31H36BrFN4O4S. The van der Waals surface area contributed by atoms with Gasteiger partial charge in [0.25, 0.3) is 0 Å². The van der Waals surface area contributed by atoms with Gasteiger partial charge in [-0.1, -0.05) is 83.4 Å². The fourth-order valence-electron chi connectivity index (χ4n) is 5.11. The highest BCUT2D eigenvalue weighted by atomic mass is 79.9. The quantitative estimate of drug-likeness (QED) is 0.300. The van der Waals surface area contributed by atoms with E-state index in [2.05, 4.69) is 21.2 Å². The van der Waals surface area contributed by atoms with Crippen molar-refractivity contribution in [3.05, 3.63) is 100 Å². The smallest absolute Gasteiger partial charge is 0.304 e. The first kappa shape index (κ1) is 31.7. The maximum absolute atomic E-state index is 15.0. The number of carbonyl (C=O) groups is 2. The van der Waals surface area contributed by atoms with Crippen LogP contribution in [-0.4, -0.2) is 62.2 Å². The lowest BCUT2D eigenvalue weighted by Crippen LogP contribution is -2.55. The van der Waals surface area contributed by atoms with Gasteiger partial charge in [0, 0.05) is 37.6 Å². The molecular weight excluding hydrogens is 623 g/mol. The van der Waals surface area contributed by atoms with Crippen molar-refractivity contribution in [2.45, 2.75) is 50.7 Å². The van der Waals surface area contributed by atoms with E-state index in [9.17, 15) is 22.4 Å². The van der Waals surface area contributed by atoms with Crippen molar-refractivity contribution < 1.29 is 22.4 Å². The van der Waals surface area contributed by atoms with Crippen LogP contribution in [0.1, 0.15) is 36.8 Å². The van der Waals surface area contributed by atoms with E-state index in [-0.39, 0.29) is 30.6 Å². The fraction of sp³-hybridized carbons (Fsp3) is 0.355. The lowest BCUT2D eigenvalue weighted by atomic mass is 10.0. The fourth-order valence-corrected chi connectivity index (χ4v) is 6.62. The average Bonchev–Trinajstić information content (AvgIpc) is 3.47. The maximum atomic E-state index is 15.0. The number of rotatable bonds is 12. The zero-order valence-electron chi connectivity index (χ0n) is 23.7. The molecule has 0 bridgehead atoms. The van der Waals surface area contributed by atoms with Crippen LogP contribution >= 0.6 is 15.9 Å². The van der Waals surface area contributed by atoms with Crippen molar-refractivity contribution in [2.75, 3.05) is 24.9 Å². The summed E-state index contributed by atoms with van der Waals surface area (Å²) >= 11 is 3.47. The number of hydrogen-bond acceptors (Lipinski definition) is 4. The van der Waals surface area contributed by atoms with Gasteiger partial charge in [-0.15, -0.1) is 0 Å². The van der Waals surface area contributed by atoms with Crippen LogP contribution in [0, 0.1) is 5.82 Å². The topological polar surface area (TPSA) is 90.0 Å². The number of amides is 2. The number of nitrogens with one attached hydrogen (secondary N) is 1. The van der Waals surface area contributed by atoms with E-state index in [4.69, 9.17) is 0 Å². The van der Waals surface area contributed by atoms with Crippen molar-refractivity contribution in [1.29, 1.82) is 0 Å². The number of anilines is 1. The molecule has 2 amide bonds. The average molecular weight is 660 g/mol. The molecule has 224 valence electrons. The van der Waals surface area contributed by atoms with Crippen molar-refractivity contribution in [2.24, 2.45) is 0 Å². The molecule has 3 aromatic rings. The van der Waals surface area contributed by atoms with Gasteiger partial charge in [0.05, 0.1) is 5.69 Å². The Morgan fingerprint density at radius 2 is 1.60 bits per heavy atom. The highest BCUT2D eigenvalue weighted by Crippen LogP contribution is 2.25. The molecule has 1 N–H and O–H groups in total. The van der Waals surface area contributed by atoms with Crippen LogP contribution in [0.4, 0.5) is 10.1 Å². The molecule has 0 aromatic heterocycles. The van der Waals surface area contributed by atoms with Crippen molar-refractivity contribution in [3.63, 3.8) is 0 Å². The lowest BCUT2D eigenvalue weighted by molar-refractivity contribution is -0.140. The van der Waals surface area contributed by atoms with Gasteiger partial charge in [-0.3, -0.25) is 9.59 Å². The number of carbonyl (C=O) groups excluding carboxylic acids is 2. The molecule has 3 aromatic carbocycles. The molecule has 1 saturated carbocycles. The number of nitrogens with zero attached hydrogens (tertiary/aromatic N) is 3. The van der Waals surface area contributed by atoms with Gasteiger partial charge >= 0.3 is 10.2 Å². The van der Waals surface area contributed by atoms with Gasteiger partial charge in [-0.05, 0) is 48.2 Å². The van der Waals surface area contributed by atoms with E-state index in [0.717, 1.165) is 56.0 Å². The van der Waals surface area contributed by atoms with Crippen LogP contribution < -0.4 is 9.62 Å². The lowest BCUT2D eigenvalue weighted by Gasteiger charge is -2.35. The molecule has 11 heteroatoms. The summed E-state index contributed by atoms with van der Waals surface area (Å²) < 4.78 is 44.2. The van der Waals surface area contributed by atoms with Crippen LogP contribution in [0.25, 0.3) is 0 Å². The number of benzene rings is 3. The Bertz CT molecular complexity index is 1480. The van der Waals surface area contributed by atoms with Crippen LogP contribution in [0.5, 0.6) is 0 Å². The van der Waals surface area contributed by atoms with E-state index in [0.29, 0.717) is 0 Å². The predicted octanol–water partition coefficient (Wildman–Crippen LogP) is 4.90. The van der Waals surface area contributed by atoms with Gasteiger partial charge in [-0.25, -0.2) is 8.70 Å². The molecule has 8 nitrogen and oxygen atoms in total. The third-order valence-corrected chi connectivity index (χ3v) is 9.65. The largest absolute Gasteiger partial charge is 0.352 e. The summed E-state index contributed by atoms with van der Waals surface area (Å²) in [6.45, 7) is -0.654. The van der Waals surface area contributed by atoms with E-state index in [1.54, 1.807) is 0 Å². The molecule has 1 unspecified atom stereocenters. The normalized spacial score (nSPS) is 14.5. The summed E-state index contributed by atoms with van der Waals surface area (Å²) in [6.07, 6.45) is 4.00. The molecule has 0 spiro atoms. The Hall–Kier alpha value is -3.28. The first-order valence-corrected chi connectivity index (χ1v) is 16.1. The zero-order valence-corrected chi connectivity index (χ0v) is 26.2. The standard InChI is InChI=1S/C31H36BrFN4O4S/c1-35(2)42(40,41)37(28-18-9-8-17-27(28)33)22-30(38)36(21-24-13-10-14-25(32)19-24)29(20-23-11-4-3-5-12-23)31(39)34-26-15-6-7-16-26/h3-5,8-14,17-19,26,29H,6-7,15-16,20-22H2,1-2H3,(H,34,39). The molecule has 4 rings (SSSR count). The minimum atomic E-state index is -4.28. The van der Waals surface area contributed by atoms with Gasteiger partial charge in [0.2, 0.25) is 11.8 Å². The molecule has 1 aliphatic rings. The van der Waals surface area contributed by atoms with Crippen LogP contribution in [0.15, 0.2) is 83.3 Å². The summed E-state index contributed by atoms with van der Waals surface area (Å²) in [4.78, 5) is 29.6. The molecule has 1 atom stereocenters. The Morgan fingerprint density at radius 3 is 2.24 bits per heavy atom. The van der Waals surface area contributed by atoms with Crippen LogP contribution in [0.2, 0.25) is 0 Å². The van der Waals surface area contributed by atoms with Crippen LogP contribution in [0.3, 0.4) is 0 Å². The second-order valence-corrected chi connectivity index (χ2v) is 13.6. The first-order valence-electron chi connectivity index (χ1n) is 13.9.